The fourth-order valence-corrected chi connectivity index (χ4v) is 2.45. The molecule has 1 saturated carbocycles. The number of ether oxygens (including phenoxy) is 1. The topological polar surface area (TPSA) is 75.6 Å². The summed E-state index contributed by atoms with van der Waals surface area (Å²) in [6, 6.07) is 9.40. The third kappa shape index (κ3) is 3.98. The van der Waals surface area contributed by atoms with E-state index in [4.69, 9.17) is 9.84 Å². The predicted octanol–water partition coefficient (Wildman–Crippen LogP) is 1.68. The summed E-state index contributed by atoms with van der Waals surface area (Å²) in [5.41, 5.74) is 0. The first-order valence-corrected chi connectivity index (χ1v) is 6.85. The molecule has 0 saturated heterocycles. The van der Waals surface area contributed by atoms with E-state index in [0.717, 1.165) is 5.75 Å². The first kappa shape index (κ1) is 14.4. The normalized spacial score (nSPS) is 21.4. The van der Waals surface area contributed by atoms with Gasteiger partial charge in [-0.15, -0.1) is 0 Å². The maximum Gasteiger partial charge on any atom is 0.306 e. The van der Waals surface area contributed by atoms with Crippen molar-refractivity contribution >= 4 is 11.9 Å². The van der Waals surface area contributed by atoms with Crippen molar-refractivity contribution in [2.45, 2.75) is 19.3 Å². The average Bonchev–Trinajstić information content (AvgIpc) is 2.94. The zero-order valence-corrected chi connectivity index (χ0v) is 11.2. The van der Waals surface area contributed by atoms with Crippen LogP contribution in [0.1, 0.15) is 19.3 Å². The van der Waals surface area contributed by atoms with E-state index in [0.29, 0.717) is 32.4 Å². The van der Waals surface area contributed by atoms with Gasteiger partial charge in [0.2, 0.25) is 5.91 Å². The van der Waals surface area contributed by atoms with Gasteiger partial charge in [0.15, 0.2) is 0 Å². The third-order valence-electron chi connectivity index (χ3n) is 3.57. The van der Waals surface area contributed by atoms with Crippen molar-refractivity contribution in [2.24, 2.45) is 11.8 Å². The van der Waals surface area contributed by atoms with Crippen molar-refractivity contribution in [3.63, 3.8) is 0 Å². The number of hydrogen-bond donors (Lipinski definition) is 2. The largest absolute Gasteiger partial charge is 0.492 e. The van der Waals surface area contributed by atoms with Crippen LogP contribution in [0.3, 0.4) is 0 Å². The molecule has 2 rings (SSSR count). The lowest BCUT2D eigenvalue weighted by Crippen LogP contribution is -2.33. The number of amides is 1. The quantitative estimate of drug-likeness (QED) is 0.776. The first-order chi connectivity index (χ1) is 9.66. The maximum atomic E-state index is 11.9. The Labute approximate surface area is 117 Å². The molecule has 0 aliphatic heterocycles. The molecule has 1 aliphatic rings. The Hall–Kier alpha value is -2.04. The van der Waals surface area contributed by atoms with Crippen LogP contribution in [0.2, 0.25) is 0 Å². The molecular formula is C15H19NO4. The molecule has 2 atom stereocenters. The number of hydrogen-bond acceptors (Lipinski definition) is 3. The number of carboxylic acids is 1. The van der Waals surface area contributed by atoms with E-state index in [1.54, 1.807) is 0 Å². The Morgan fingerprint density at radius 3 is 2.55 bits per heavy atom. The van der Waals surface area contributed by atoms with Crippen molar-refractivity contribution < 1.29 is 19.4 Å². The fourth-order valence-electron chi connectivity index (χ4n) is 2.45. The van der Waals surface area contributed by atoms with E-state index in [1.165, 1.54) is 0 Å². The summed E-state index contributed by atoms with van der Waals surface area (Å²) in [6.07, 6.45) is 1.69. The number of rotatable bonds is 6. The van der Waals surface area contributed by atoms with Gasteiger partial charge in [-0.1, -0.05) is 18.2 Å². The second kappa shape index (κ2) is 6.93. The summed E-state index contributed by atoms with van der Waals surface area (Å²) in [7, 11) is 0. The van der Waals surface area contributed by atoms with Crippen LogP contribution < -0.4 is 10.1 Å². The Morgan fingerprint density at radius 2 is 1.90 bits per heavy atom. The molecule has 1 aliphatic carbocycles. The van der Waals surface area contributed by atoms with E-state index in [9.17, 15) is 9.59 Å². The monoisotopic (exact) mass is 277 g/mol. The van der Waals surface area contributed by atoms with Gasteiger partial charge < -0.3 is 15.2 Å². The number of aliphatic carboxylic acids is 1. The summed E-state index contributed by atoms with van der Waals surface area (Å²) in [6.45, 7) is 0.840. The molecular weight excluding hydrogens is 258 g/mol. The lowest BCUT2D eigenvalue weighted by molar-refractivity contribution is -0.141. The molecule has 0 heterocycles. The van der Waals surface area contributed by atoms with Gasteiger partial charge in [0, 0.05) is 5.92 Å². The van der Waals surface area contributed by atoms with Gasteiger partial charge in [-0.25, -0.2) is 0 Å². The number of para-hydroxylation sites is 1. The van der Waals surface area contributed by atoms with E-state index in [2.05, 4.69) is 5.32 Å². The number of benzene rings is 1. The summed E-state index contributed by atoms with van der Waals surface area (Å²) < 4.78 is 5.47. The molecule has 108 valence electrons. The van der Waals surface area contributed by atoms with Crippen LogP contribution in [0.25, 0.3) is 0 Å². The molecule has 0 unspecified atom stereocenters. The van der Waals surface area contributed by atoms with Crippen LogP contribution >= 0.6 is 0 Å². The van der Waals surface area contributed by atoms with Crippen LogP contribution in [0.5, 0.6) is 5.75 Å². The zero-order valence-electron chi connectivity index (χ0n) is 11.2. The summed E-state index contributed by atoms with van der Waals surface area (Å²) in [4.78, 5) is 22.7. The Kier molecular flexibility index (Phi) is 4.98. The average molecular weight is 277 g/mol. The predicted molar refractivity (Wildman–Crippen MR) is 73.4 cm³/mol. The highest BCUT2D eigenvalue weighted by atomic mass is 16.5. The fraction of sp³-hybridized carbons (Fsp3) is 0.467. The second-order valence-corrected chi connectivity index (χ2v) is 5.00. The van der Waals surface area contributed by atoms with Crippen molar-refractivity contribution in [1.29, 1.82) is 0 Å². The Bertz CT molecular complexity index is 460. The Balaban J connectivity index is 1.65. The molecule has 1 aromatic carbocycles. The zero-order chi connectivity index (χ0) is 14.4. The van der Waals surface area contributed by atoms with Crippen LogP contribution in [0.15, 0.2) is 30.3 Å². The molecule has 1 aromatic rings. The summed E-state index contributed by atoms with van der Waals surface area (Å²) >= 11 is 0. The highest BCUT2D eigenvalue weighted by molar-refractivity contribution is 5.80. The molecule has 5 nitrogen and oxygen atoms in total. The summed E-state index contributed by atoms with van der Waals surface area (Å²) in [5.74, 6) is -0.633. The molecule has 0 radical (unpaired) electrons. The standard InChI is InChI=1S/C15H19NO4/c17-14(11-6-7-12(10-11)15(18)19)16-8-9-20-13-4-2-1-3-5-13/h1-5,11-12H,6-10H2,(H,16,17)(H,18,19)/t11-,12+/m0/s1. The summed E-state index contributed by atoms with van der Waals surface area (Å²) in [5, 5.41) is 11.7. The first-order valence-electron chi connectivity index (χ1n) is 6.85. The molecule has 2 N–H and O–H groups in total. The minimum Gasteiger partial charge on any atom is -0.492 e. The molecule has 5 heteroatoms. The molecule has 0 aromatic heterocycles. The van der Waals surface area contributed by atoms with Crippen molar-refractivity contribution in [1.82, 2.24) is 5.32 Å². The van der Waals surface area contributed by atoms with Crippen LogP contribution in [-0.4, -0.2) is 30.1 Å². The van der Waals surface area contributed by atoms with Crippen LogP contribution in [-0.2, 0) is 9.59 Å². The van der Waals surface area contributed by atoms with Crippen LogP contribution in [0, 0.1) is 11.8 Å². The van der Waals surface area contributed by atoms with Gasteiger partial charge >= 0.3 is 5.97 Å². The Morgan fingerprint density at radius 1 is 1.20 bits per heavy atom. The SMILES string of the molecule is O=C(O)[C@@H]1CC[C@H](C(=O)NCCOc2ccccc2)C1. The lowest BCUT2D eigenvalue weighted by Gasteiger charge is -2.11. The molecule has 1 amide bonds. The van der Waals surface area contributed by atoms with Gasteiger partial charge in [0.1, 0.15) is 12.4 Å². The van der Waals surface area contributed by atoms with Gasteiger partial charge in [-0.05, 0) is 31.4 Å². The highest BCUT2D eigenvalue weighted by Gasteiger charge is 2.33. The van der Waals surface area contributed by atoms with E-state index < -0.39 is 5.97 Å². The van der Waals surface area contributed by atoms with Crippen molar-refractivity contribution in [3.05, 3.63) is 30.3 Å². The van der Waals surface area contributed by atoms with E-state index in [-0.39, 0.29) is 17.7 Å². The van der Waals surface area contributed by atoms with Gasteiger partial charge in [-0.3, -0.25) is 9.59 Å². The maximum absolute atomic E-state index is 11.9. The van der Waals surface area contributed by atoms with Crippen LogP contribution in [0.4, 0.5) is 0 Å². The lowest BCUT2D eigenvalue weighted by atomic mass is 10.0. The molecule has 0 spiro atoms. The number of carboxylic acid groups (broad SMARTS) is 1. The molecule has 1 fully saturated rings. The molecule has 0 bridgehead atoms. The number of carbonyl (C=O) groups is 2. The molecule has 20 heavy (non-hydrogen) atoms. The minimum absolute atomic E-state index is 0.0644. The smallest absolute Gasteiger partial charge is 0.306 e. The second-order valence-electron chi connectivity index (χ2n) is 5.00. The minimum atomic E-state index is -0.798. The third-order valence-corrected chi connectivity index (χ3v) is 3.57. The van der Waals surface area contributed by atoms with E-state index >= 15 is 0 Å². The van der Waals surface area contributed by atoms with Gasteiger partial charge in [0.25, 0.3) is 0 Å². The number of nitrogens with one attached hydrogen (secondary N) is 1. The van der Waals surface area contributed by atoms with E-state index in [1.807, 2.05) is 30.3 Å². The van der Waals surface area contributed by atoms with Crippen molar-refractivity contribution in [2.75, 3.05) is 13.2 Å². The van der Waals surface area contributed by atoms with Crippen molar-refractivity contribution in [3.8, 4) is 5.75 Å². The van der Waals surface area contributed by atoms with Gasteiger partial charge in [0.05, 0.1) is 12.5 Å². The van der Waals surface area contributed by atoms with Gasteiger partial charge in [-0.2, -0.15) is 0 Å². The number of carbonyl (C=O) groups excluding carboxylic acids is 1. The highest BCUT2D eigenvalue weighted by Crippen LogP contribution is 2.30.